The molecule has 1 amide bonds. The van der Waals surface area contributed by atoms with Crippen molar-refractivity contribution in [1.82, 2.24) is 10.0 Å². The Morgan fingerprint density at radius 2 is 1.89 bits per heavy atom. The number of nitriles is 1. The van der Waals surface area contributed by atoms with Gasteiger partial charge in [-0.1, -0.05) is 12.1 Å². The van der Waals surface area contributed by atoms with Crippen LogP contribution >= 0.6 is 0 Å². The molecule has 0 atom stereocenters. The van der Waals surface area contributed by atoms with Gasteiger partial charge in [-0.05, 0) is 48.9 Å². The van der Waals surface area contributed by atoms with Gasteiger partial charge in [0.1, 0.15) is 12.4 Å². The summed E-state index contributed by atoms with van der Waals surface area (Å²) in [6, 6.07) is 15.1. The molecule has 0 aliphatic rings. The molecule has 0 radical (unpaired) electrons. The molecule has 0 saturated carbocycles. The largest absolute Gasteiger partial charge is 0.492 e. The van der Waals surface area contributed by atoms with E-state index in [9.17, 15) is 13.2 Å². The maximum Gasteiger partial charge on any atom is 0.251 e. The van der Waals surface area contributed by atoms with E-state index < -0.39 is 10.0 Å². The summed E-state index contributed by atoms with van der Waals surface area (Å²) in [6.07, 6.45) is 0.0876. The van der Waals surface area contributed by atoms with Crippen LogP contribution in [-0.2, 0) is 10.0 Å². The van der Waals surface area contributed by atoms with Crippen molar-refractivity contribution < 1.29 is 17.9 Å². The van der Waals surface area contributed by atoms with Gasteiger partial charge in [-0.15, -0.1) is 0 Å². The third-order valence-electron chi connectivity index (χ3n) is 3.60. The Morgan fingerprint density at radius 1 is 1.15 bits per heavy atom. The summed E-state index contributed by atoms with van der Waals surface area (Å²) in [5.41, 5.74) is 1.44. The Hall–Kier alpha value is -2.89. The van der Waals surface area contributed by atoms with E-state index in [0.29, 0.717) is 18.7 Å². The van der Waals surface area contributed by atoms with Gasteiger partial charge in [-0.3, -0.25) is 4.79 Å². The van der Waals surface area contributed by atoms with Gasteiger partial charge >= 0.3 is 0 Å². The number of carbonyl (C=O) groups excluding carboxylic acids is 1. The molecule has 8 heteroatoms. The van der Waals surface area contributed by atoms with Crippen LogP contribution in [0.25, 0.3) is 0 Å². The fourth-order valence-electron chi connectivity index (χ4n) is 2.25. The van der Waals surface area contributed by atoms with Crippen LogP contribution in [0, 0.1) is 18.3 Å². The van der Waals surface area contributed by atoms with E-state index in [1.54, 1.807) is 0 Å². The lowest BCUT2D eigenvalue weighted by Gasteiger charge is -2.09. The highest BCUT2D eigenvalue weighted by Crippen LogP contribution is 2.12. The minimum absolute atomic E-state index is 0.0415. The summed E-state index contributed by atoms with van der Waals surface area (Å²) in [7, 11) is -3.68. The van der Waals surface area contributed by atoms with Crippen LogP contribution in [-0.4, -0.2) is 34.0 Å². The number of carbonyl (C=O) groups is 1. The number of nitrogens with zero attached hydrogens (tertiary/aromatic N) is 1. The molecule has 7 nitrogen and oxygen atoms in total. The number of sulfonamides is 1. The first-order chi connectivity index (χ1) is 12.9. The molecule has 2 rings (SSSR count). The van der Waals surface area contributed by atoms with Gasteiger partial charge in [0.15, 0.2) is 0 Å². The van der Waals surface area contributed by atoms with Gasteiger partial charge in [0.2, 0.25) is 10.0 Å². The third kappa shape index (κ3) is 6.40. The molecule has 2 aromatic rings. The Kier molecular flexibility index (Phi) is 7.34. The van der Waals surface area contributed by atoms with E-state index in [4.69, 9.17) is 10.00 Å². The first-order valence-electron chi connectivity index (χ1n) is 8.37. The molecule has 2 aromatic carbocycles. The standard InChI is InChI=1S/C19H21N3O4S/c1-15-4-2-5-17(14-15)26-13-12-21-19(23)16-6-8-18(9-7-16)27(24,25)22-11-3-10-20/h2,4-9,14,22H,3,11-13H2,1H3,(H,21,23). The molecule has 0 fully saturated rings. The minimum Gasteiger partial charge on any atom is -0.492 e. The van der Waals surface area contributed by atoms with Crippen molar-refractivity contribution in [3.05, 3.63) is 59.7 Å². The SMILES string of the molecule is Cc1cccc(OCCNC(=O)c2ccc(S(=O)(=O)NCCC#N)cc2)c1. The van der Waals surface area contributed by atoms with E-state index in [2.05, 4.69) is 10.0 Å². The second-order valence-corrected chi connectivity index (χ2v) is 7.52. The maximum absolute atomic E-state index is 12.1. The fraction of sp³-hybridized carbons (Fsp3) is 0.263. The number of nitrogens with one attached hydrogen (secondary N) is 2. The van der Waals surface area contributed by atoms with Gasteiger partial charge in [0, 0.05) is 18.5 Å². The van der Waals surface area contributed by atoms with Crippen molar-refractivity contribution in [2.45, 2.75) is 18.2 Å². The second kappa shape index (κ2) is 9.71. The normalized spacial score (nSPS) is 10.8. The van der Waals surface area contributed by atoms with E-state index in [1.165, 1.54) is 24.3 Å². The van der Waals surface area contributed by atoms with Crippen molar-refractivity contribution in [3.63, 3.8) is 0 Å². The first-order valence-corrected chi connectivity index (χ1v) is 9.85. The van der Waals surface area contributed by atoms with Crippen molar-refractivity contribution in [2.75, 3.05) is 19.7 Å². The molecule has 0 heterocycles. The van der Waals surface area contributed by atoms with Crippen LogP contribution in [0.2, 0.25) is 0 Å². The molecule has 0 unspecified atom stereocenters. The number of hydrogen-bond donors (Lipinski definition) is 2. The molecular weight excluding hydrogens is 366 g/mol. The smallest absolute Gasteiger partial charge is 0.251 e. The van der Waals surface area contributed by atoms with Crippen LogP contribution in [0.3, 0.4) is 0 Å². The lowest BCUT2D eigenvalue weighted by Crippen LogP contribution is -2.28. The molecule has 2 N–H and O–H groups in total. The Morgan fingerprint density at radius 3 is 2.56 bits per heavy atom. The molecular formula is C19H21N3O4S. The number of benzene rings is 2. The van der Waals surface area contributed by atoms with Crippen LogP contribution in [0.1, 0.15) is 22.3 Å². The van der Waals surface area contributed by atoms with Crippen molar-refractivity contribution in [2.24, 2.45) is 0 Å². The summed E-state index contributed by atoms with van der Waals surface area (Å²) in [5, 5.41) is 11.2. The van der Waals surface area contributed by atoms with Gasteiger partial charge in [0.05, 0.1) is 17.5 Å². The Balaban J connectivity index is 1.83. The molecule has 0 saturated heterocycles. The predicted octanol–water partition coefficient (Wildman–Crippen LogP) is 2.00. The van der Waals surface area contributed by atoms with Gasteiger partial charge in [0.25, 0.3) is 5.91 Å². The summed E-state index contributed by atoms with van der Waals surface area (Å²) >= 11 is 0. The summed E-state index contributed by atoms with van der Waals surface area (Å²) in [6.45, 7) is 2.66. The minimum atomic E-state index is -3.68. The summed E-state index contributed by atoms with van der Waals surface area (Å²) < 4.78 is 31.9. The van der Waals surface area contributed by atoms with Gasteiger partial charge < -0.3 is 10.1 Å². The van der Waals surface area contributed by atoms with Crippen molar-refractivity contribution in [3.8, 4) is 11.8 Å². The molecule has 27 heavy (non-hydrogen) atoms. The van der Waals surface area contributed by atoms with E-state index in [0.717, 1.165) is 11.3 Å². The topological polar surface area (TPSA) is 108 Å². The summed E-state index contributed by atoms with van der Waals surface area (Å²) in [5.74, 6) is 0.423. The van der Waals surface area contributed by atoms with E-state index >= 15 is 0 Å². The van der Waals surface area contributed by atoms with E-state index in [-0.39, 0.29) is 23.8 Å². The molecule has 0 aliphatic heterocycles. The van der Waals surface area contributed by atoms with Crippen LogP contribution in [0.15, 0.2) is 53.4 Å². The third-order valence-corrected chi connectivity index (χ3v) is 5.08. The van der Waals surface area contributed by atoms with Crippen LogP contribution in [0.4, 0.5) is 0 Å². The van der Waals surface area contributed by atoms with Crippen molar-refractivity contribution in [1.29, 1.82) is 5.26 Å². The maximum atomic E-state index is 12.1. The second-order valence-electron chi connectivity index (χ2n) is 5.75. The molecule has 0 spiro atoms. The molecule has 0 bridgehead atoms. The molecule has 0 aliphatic carbocycles. The van der Waals surface area contributed by atoms with Gasteiger partial charge in [-0.2, -0.15) is 5.26 Å². The van der Waals surface area contributed by atoms with Crippen LogP contribution < -0.4 is 14.8 Å². The Bertz CT molecular complexity index is 919. The zero-order valence-electron chi connectivity index (χ0n) is 14.9. The fourth-order valence-corrected chi connectivity index (χ4v) is 3.28. The lowest BCUT2D eigenvalue weighted by atomic mass is 10.2. The lowest BCUT2D eigenvalue weighted by molar-refractivity contribution is 0.0947. The zero-order valence-corrected chi connectivity index (χ0v) is 15.8. The van der Waals surface area contributed by atoms with Crippen LogP contribution in [0.5, 0.6) is 5.75 Å². The first kappa shape index (κ1) is 20.4. The predicted molar refractivity (Wildman–Crippen MR) is 101 cm³/mol. The highest BCUT2D eigenvalue weighted by molar-refractivity contribution is 7.89. The van der Waals surface area contributed by atoms with Gasteiger partial charge in [-0.25, -0.2) is 13.1 Å². The highest BCUT2D eigenvalue weighted by atomic mass is 32.2. The van der Waals surface area contributed by atoms with Crippen molar-refractivity contribution >= 4 is 15.9 Å². The van der Waals surface area contributed by atoms with E-state index in [1.807, 2.05) is 37.3 Å². The average Bonchev–Trinajstić information content (AvgIpc) is 2.65. The highest BCUT2D eigenvalue weighted by Gasteiger charge is 2.14. The quantitative estimate of drug-likeness (QED) is 0.640. The number of amides is 1. The summed E-state index contributed by atoms with van der Waals surface area (Å²) in [4.78, 5) is 12.2. The Labute approximate surface area is 159 Å². The zero-order chi connectivity index (χ0) is 19.7. The average molecular weight is 387 g/mol. The number of ether oxygens (including phenoxy) is 1. The molecule has 0 aromatic heterocycles. The number of rotatable bonds is 9. The number of hydrogen-bond acceptors (Lipinski definition) is 5. The number of aryl methyl sites for hydroxylation is 1. The molecule has 142 valence electrons. The monoisotopic (exact) mass is 387 g/mol.